The topological polar surface area (TPSA) is 26.0 Å². The van der Waals surface area contributed by atoms with Crippen LogP contribution in [0.3, 0.4) is 0 Å². The fourth-order valence-corrected chi connectivity index (χ4v) is 2.58. The molecule has 2 N–H and O–H groups in total. The van der Waals surface area contributed by atoms with Crippen molar-refractivity contribution in [2.75, 3.05) is 0 Å². The number of hydrogen-bond acceptors (Lipinski definition) is 1. The smallest absolute Gasteiger partial charge is 0.0557 e. The van der Waals surface area contributed by atoms with E-state index in [0.717, 1.165) is 5.56 Å². The number of rotatable bonds is 2. The molecule has 0 fully saturated rings. The predicted molar refractivity (Wildman–Crippen MR) is 88.4 cm³/mol. The molecule has 0 saturated carbocycles. The maximum atomic E-state index is 6.43. The molecule has 1 nitrogen and oxygen atoms in total. The molecule has 20 heavy (non-hydrogen) atoms. The fourth-order valence-electron chi connectivity index (χ4n) is 2.58. The van der Waals surface area contributed by atoms with Gasteiger partial charge in [-0.05, 0) is 34.4 Å². The van der Waals surface area contributed by atoms with Crippen LogP contribution < -0.4 is 5.73 Å². The van der Waals surface area contributed by atoms with Crippen LogP contribution in [-0.2, 0) is 0 Å². The summed E-state index contributed by atoms with van der Waals surface area (Å²) in [4.78, 5) is 0. The third-order valence-corrected chi connectivity index (χ3v) is 3.67. The van der Waals surface area contributed by atoms with Gasteiger partial charge >= 0.3 is 0 Å². The summed E-state index contributed by atoms with van der Waals surface area (Å²) in [5, 5.41) is 2.53. The first kappa shape index (κ1) is 14.6. The molecule has 0 aromatic heterocycles. The van der Waals surface area contributed by atoms with Crippen molar-refractivity contribution < 1.29 is 0 Å². The van der Waals surface area contributed by atoms with Gasteiger partial charge in [0.25, 0.3) is 0 Å². The molecule has 0 spiro atoms. The Hall–Kier alpha value is -1.83. The van der Waals surface area contributed by atoms with E-state index in [4.69, 9.17) is 5.73 Å². The molecule has 0 amide bonds. The van der Waals surface area contributed by atoms with E-state index in [1.54, 1.807) is 0 Å². The minimum absolute atomic E-state index is 0. The van der Waals surface area contributed by atoms with Crippen molar-refractivity contribution in [3.63, 3.8) is 0 Å². The van der Waals surface area contributed by atoms with Gasteiger partial charge in [0, 0.05) is 0 Å². The van der Waals surface area contributed by atoms with E-state index in [-0.39, 0.29) is 18.4 Å². The molecular weight excluding hydrogens is 266 g/mol. The lowest BCUT2D eigenvalue weighted by Gasteiger charge is -2.16. The molecule has 1 atom stereocenters. The van der Waals surface area contributed by atoms with E-state index in [0.29, 0.717) is 0 Å². The lowest BCUT2D eigenvalue weighted by atomic mass is 9.92. The zero-order valence-electron chi connectivity index (χ0n) is 11.4. The van der Waals surface area contributed by atoms with Crippen molar-refractivity contribution in [1.82, 2.24) is 0 Å². The zero-order valence-corrected chi connectivity index (χ0v) is 12.2. The second-order valence-electron chi connectivity index (χ2n) is 4.91. The molecule has 102 valence electrons. The van der Waals surface area contributed by atoms with Gasteiger partial charge < -0.3 is 5.73 Å². The van der Waals surface area contributed by atoms with Crippen LogP contribution in [0.4, 0.5) is 0 Å². The normalized spacial score (nSPS) is 11.9. The van der Waals surface area contributed by atoms with Crippen LogP contribution in [0.2, 0.25) is 0 Å². The predicted octanol–water partition coefficient (Wildman–Crippen LogP) is 4.62. The quantitative estimate of drug-likeness (QED) is 0.730. The minimum atomic E-state index is -0.0771. The Morgan fingerprint density at radius 3 is 2.05 bits per heavy atom. The molecule has 0 aliphatic rings. The highest BCUT2D eigenvalue weighted by Gasteiger charge is 2.12. The Bertz CT molecular complexity index is 707. The summed E-state index contributed by atoms with van der Waals surface area (Å²) >= 11 is 0. The van der Waals surface area contributed by atoms with Crippen LogP contribution in [0.5, 0.6) is 0 Å². The lowest BCUT2D eigenvalue weighted by molar-refractivity contribution is 0.880. The van der Waals surface area contributed by atoms with E-state index in [1.165, 1.54) is 21.9 Å². The molecule has 3 aromatic carbocycles. The van der Waals surface area contributed by atoms with Gasteiger partial charge in [-0.15, -0.1) is 12.4 Å². The van der Waals surface area contributed by atoms with Gasteiger partial charge in [0.2, 0.25) is 0 Å². The van der Waals surface area contributed by atoms with Crippen LogP contribution in [0.15, 0.2) is 66.7 Å². The van der Waals surface area contributed by atoms with Crippen LogP contribution in [0.1, 0.15) is 22.7 Å². The molecule has 2 heteroatoms. The Morgan fingerprint density at radius 1 is 0.750 bits per heavy atom. The number of nitrogens with two attached hydrogens (primary N) is 1. The molecule has 0 saturated heterocycles. The first-order chi connectivity index (χ1) is 9.27. The molecule has 3 rings (SSSR count). The Labute approximate surface area is 125 Å². The van der Waals surface area contributed by atoms with Gasteiger partial charge in [-0.1, -0.05) is 66.7 Å². The van der Waals surface area contributed by atoms with Crippen molar-refractivity contribution >= 4 is 23.2 Å². The van der Waals surface area contributed by atoms with E-state index in [1.807, 2.05) is 18.2 Å². The third-order valence-electron chi connectivity index (χ3n) is 3.67. The number of halogens is 1. The maximum Gasteiger partial charge on any atom is 0.0557 e. The number of benzene rings is 3. The number of hydrogen-bond donors (Lipinski definition) is 1. The Morgan fingerprint density at radius 2 is 1.35 bits per heavy atom. The highest BCUT2D eigenvalue weighted by atomic mass is 35.5. The maximum absolute atomic E-state index is 6.43. The number of fused-ring (bicyclic) bond motifs is 1. The van der Waals surface area contributed by atoms with Crippen molar-refractivity contribution in [3.05, 3.63) is 83.4 Å². The van der Waals surface area contributed by atoms with Gasteiger partial charge in [0.1, 0.15) is 0 Å². The lowest BCUT2D eigenvalue weighted by Crippen LogP contribution is -2.12. The molecule has 0 radical (unpaired) electrons. The van der Waals surface area contributed by atoms with Crippen LogP contribution >= 0.6 is 12.4 Å². The second kappa shape index (κ2) is 6.08. The van der Waals surface area contributed by atoms with Gasteiger partial charge in [-0.2, -0.15) is 0 Å². The van der Waals surface area contributed by atoms with Crippen LogP contribution in [0, 0.1) is 6.92 Å². The van der Waals surface area contributed by atoms with E-state index >= 15 is 0 Å². The van der Waals surface area contributed by atoms with Gasteiger partial charge in [-0.3, -0.25) is 0 Å². The zero-order chi connectivity index (χ0) is 13.2. The first-order valence-electron chi connectivity index (χ1n) is 6.56. The average molecular weight is 284 g/mol. The summed E-state index contributed by atoms with van der Waals surface area (Å²) in [6, 6.07) is 22.9. The molecule has 0 aliphatic heterocycles. The van der Waals surface area contributed by atoms with Gasteiger partial charge in [-0.25, -0.2) is 0 Å². The van der Waals surface area contributed by atoms with Crippen molar-refractivity contribution in [2.24, 2.45) is 5.73 Å². The Kier molecular flexibility index (Phi) is 4.43. The first-order valence-corrected chi connectivity index (χ1v) is 6.56. The highest BCUT2D eigenvalue weighted by Crippen LogP contribution is 2.29. The summed E-state index contributed by atoms with van der Waals surface area (Å²) in [6.07, 6.45) is 0. The molecule has 0 aliphatic carbocycles. The SMILES string of the molecule is Cc1ccc(C(N)c2ccccc2)c2ccccc12.Cl. The van der Waals surface area contributed by atoms with Crippen molar-refractivity contribution in [1.29, 1.82) is 0 Å². The summed E-state index contributed by atoms with van der Waals surface area (Å²) in [6.45, 7) is 2.14. The average Bonchev–Trinajstić information content (AvgIpc) is 2.48. The Balaban J connectivity index is 0.00000147. The van der Waals surface area contributed by atoms with Crippen LogP contribution in [-0.4, -0.2) is 0 Å². The van der Waals surface area contributed by atoms with Crippen LogP contribution in [0.25, 0.3) is 10.8 Å². The summed E-state index contributed by atoms with van der Waals surface area (Å²) in [5.41, 5.74) is 10.1. The van der Waals surface area contributed by atoms with E-state index < -0.39 is 0 Å². The molecule has 3 aromatic rings. The van der Waals surface area contributed by atoms with E-state index in [2.05, 4.69) is 55.5 Å². The summed E-state index contributed by atoms with van der Waals surface area (Å²) in [5.74, 6) is 0. The van der Waals surface area contributed by atoms with Gasteiger partial charge in [0.15, 0.2) is 0 Å². The fraction of sp³-hybridized carbons (Fsp3) is 0.111. The monoisotopic (exact) mass is 283 g/mol. The minimum Gasteiger partial charge on any atom is -0.320 e. The largest absolute Gasteiger partial charge is 0.320 e. The van der Waals surface area contributed by atoms with Gasteiger partial charge in [0.05, 0.1) is 6.04 Å². The van der Waals surface area contributed by atoms with Crippen molar-refractivity contribution in [2.45, 2.75) is 13.0 Å². The summed E-state index contributed by atoms with van der Waals surface area (Å²) < 4.78 is 0. The second-order valence-corrected chi connectivity index (χ2v) is 4.91. The third kappa shape index (κ3) is 2.55. The summed E-state index contributed by atoms with van der Waals surface area (Å²) in [7, 11) is 0. The van der Waals surface area contributed by atoms with Crippen molar-refractivity contribution in [3.8, 4) is 0 Å². The molecule has 0 bridgehead atoms. The molecular formula is C18H18ClN. The highest BCUT2D eigenvalue weighted by molar-refractivity contribution is 5.89. The molecule has 0 heterocycles. The standard InChI is InChI=1S/C18H17N.ClH/c1-13-11-12-17(16-10-6-5-9-15(13)16)18(19)14-7-3-2-4-8-14;/h2-12,18H,19H2,1H3;1H. The van der Waals surface area contributed by atoms with E-state index in [9.17, 15) is 0 Å². The number of aryl methyl sites for hydroxylation is 1. The molecule has 1 unspecified atom stereocenters.